The summed E-state index contributed by atoms with van der Waals surface area (Å²) in [6.07, 6.45) is 3.13. The Morgan fingerprint density at radius 2 is 1.94 bits per heavy atom. The highest BCUT2D eigenvalue weighted by Crippen LogP contribution is 2.20. The fourth-order valence-electron chi connectivity index (χ4n) is 1.94. The summed E-state index contributed by atoms with van der Waals surface area (Å²) in [6.45, 7) is 1.43. The lowest BCUT2D eigenvalue weighted by Crippen LogP contribution is -2.36. The molecule has 1 aromatic carbocycles. The van der Waals surface area contributed by atoms with E-state index in [4.69, 9.17) is 11.6 Å². The third-order valence-electron chi connectivity index (χ3n) is 2.83. The number of amides is 1. The molecule has 1 aliphatic rings. The van der Waals surface area contributed by atoms with Crippen molar-refractivity contribution in [3.8, 4) is 0 Å². The molecule has 4 heteroatoms. The maximum Gasteiger partial charge on any atom is 0.256 e. The van der Waals surface area contributed by atoms with Gasteiger partial charge in [0.25, 0.3) is 5.91 Å². The topological polar surface area (TPSA) is 20.3 Å². The highest BCUT2D eigenvalue weighted by Gasteiger charge is 2.21. The number of likely N-dealkylation sites (tertiary alicyclic amines) is 1. The molecule has 0 bridgehead atoms. The summed E-state index contributed by atoms with van der Waals surface area (Å²) in [4.78, 5) is 13.7. The van der Waals surface area contributed by atoms with Crippen molar-refractivity contribution in [2.45, 2.75) is 19.3 Å². The van der Waals surface area contributed by atoms with Gasteiger partial charge in [0.15, 0.2) is 5.82 Å². The quantitative estimate of drug-likeness (QED) is 0.740. The molecule has 2 rings (SSSR count). The van der Waals surface area contributed by atoms with Gasteiger partial charge in [0.2, 0.25) is 0 Å². The second-order valence-corrected chi connectivity index (χ2v) is 4.36. The first-order valence-corrected chi connectivity index (χ1v) is 5.81. The molecule has 0 radical (unpaired) electrons. The van der Waals surface area contributed by atoms with E-state index in [1.54, 1.807) is 11.0 Å². The predicted molar refractivity (Wildman–Crippen MR) is 61.2 cm³/mol. The predicted octanol–water partition coefficient (Wildman–Crippen LogP) is 3.11. The molecule has 1 fully saturated rings. The smallest absolute Gasteiger partial charge is 0.256 e. The zero-order valence-electron chi connectivity index (χ0n) is 8.88. The number of piperidine rings is 1. The normalized spacial score (nSPS) is 16.2. The van der Waals surface area contributed by atoms with Crippen LogP contribution in [0.15, 0.2) is 18.2 Å². The van der Waals surface area contributed by atoms with Gasteiger partial charge in [0, 0.05) is 13.1 Å². The summed E-state index contributed by atoms with van der Waals surface area (Å²) in [6, 6.07) is 4.53. The van der Waals surface area contributed by atoms with E-state index >= 15 is 0 Å². The molecule has 1 aromatic rings. The number of hydrogen-bond donors (Lipinski definition) is 0. The number of rotatable bonds is 1. The van der Waals surface area contributed by atoms with Crippen molar-refractivity contribution in [1.82, 2.24) is 4.90 Å². The van der Waals surface area contributed by atoms with Crippen molar-refractivity contribution >= 4 is 17.5 Å². The first kappa shape index (κ1) is 11.4. The van der Waals surface area contributed by atoms with E-state index in [2.05, 4.69) is 0 Å². The molecule has 0 unspecified atom stereocenters. The van der Waals surface area contributed by atoms with Crippen LogP contribution in [0.1, 0.15) is 29.6 Å². The van der Waals surface area contributed by atoms with Crippen LogP contribution in [-0.4, -0.2) is 23.9 Å². The molecule has 0 spiro atoms. The van der Waals surface area contributed by atoms with Gasteiger partial charge in [-0.3, -0.25) is 4.79 Å². The molecule has 1 aliphatic heterocycles. The van der Waals surface area contributed by atoms with E-state index < -0.39 is 5.82 Å². The van der Waals surface area contributed by atoms with Crippen LogP contribution in [0.3, 0.4) is 0 Å². The standard InChI is InChI=1S/C12H13ClFNO/c13-10-6-4-5-9(11(10)14)12(16)15-7-2-1-3-8-15/h4-6H,1-3,7-8H2. The van der Waals surface area contributed by atoms with Crippen LogP contribution in [0.25, 0.3) is 0 Å². The number of benzene rings is 1. The molecule has 86 valence electrons. The second-order valence-electron chi connectivity index (χ2n) is 3.95. The van der Waals surface area contributed by atoms with Crippen molar-refractivity contribution in [3.63, 3.8) is 0 Å². The molecular weight excluding hydrogens is 229 g/mol. The Kier molecular flexibility index (Phi) is 3.44. The van der Waals surface area contributed by atoms with Gasteiger partial charge in [-0.1, -0.05) is 17.7 Å². The second kappa shape index (κ2) is 4.83. The van der Waals surface area contributed by atoms with Gasteiger partial charge in [-0.2, -0.15) is 0 Å². The minimum Gasteiger partial charge on any atom is -0.339 e. The van der Waals surface area contributed by atoms with Crippen LogP contribution in [-0.2, 0) is 0 Å². The molecular formula is C12H13ClFNO. The Balaban J connectivity index is 2.22. The molecule has 0 atom stereocenters. The van der Waals surface area contributed by atoms with E-state index in [1.807, 2.05) is 0 Å². The lowest BCUT2D eigenvalue weighted by Gasteiger charge is -2.26. The van der Waals surface area contributed by atoms with Crippen LogP contribution in [0.2, 0.25) is 5.02 Å². The third kappa shape index (κ3) is 2.19. The number of nitrogens with zero attached hydrogens (tertiary/aromatic N) is 1. The monoisotopic (exact) mass is 241 g/mol. The van der Waals surface area contributed by atoms with E-state index in [9.17, 15) is 9.18 Å². The van der Waals surface area contributed by atoms with E-state index in [0.29, 0.717) is 13.1 Å². The first-order chi connectivity index (χ1) is 7.70. The average Bonchev–Trinajstić information content (AvgIpc) is 2.33. The maximum atomic E-state index is 13.6. The Bertz CT molecular complexity index is 402. The van der Waals surface area contributed by atoms with Gasteiger partial charge in [-0.15, -0.1) is 0 Å². The number of carbonyl (C=O) groups excluding carboxylic acids is 1. The Morgan fingerprint density at radius 3 is 2.62 bits per heavy atom. The number of carbonyl (C=O) groups is 1. The van der Waals surface area contributed by atoms with Crippen molar-refractivity contribution in [1.29, 1.82) is 0 Å². The highest BCUT2D eigenvalue weighted by atomic mass is 35.5. The maximum absolute atomic E-state index is 13.6. The molecule has 0 N–H and O–H groups in total. The summed E-state index contributed by atoms with van der Waals surface area (Å²) in [5.41, 5.74) is 0.0781. The Hall–Kier alpha value is -1.09. The van der Waals surface area contributed by atoms with Gasteiger partial charge >= 0.3 is 0 Å². The summed E-state index contributed by atoms with van der Waals surface area (Å²) >= 11 is 5.65. The molecule has 0 saturated carbocycles. The lowest BCUT2D eigenvalue weighted by atomic mass is 10.1. The van der Waals surface area contributed by atoms with Crippen LogP contribution in [0.4, 0.5) is 4.39 Å². The van der Waals surface area contributed by atoms with Gasteiger partial charge in [0.1, 0.15) is 0 Å². The van der Waals surface area contributed by atoms with Crippen molar-refractivity contribution in [2.24, 2.45) is 0 Å². The molecule has 1 amide bonds. The minimum atomic E-state index is -0.611. The fraction of sp³-hybridized carbons (Fsp3) is 0.417. The van der Waals surface area contributed by atoms with Crippen LogP contribution in [0.5, 0.6) is 0 Å². The van der Waals surface area contributed by atoms with Gasteiger partial charge in [0.05, 0.1) is 10.6 Å². The molecule has 0 aromatic heterocycles. The van der Waals surface area contributed by atoms with Crippen LogP contribution in [0, 0.1) is 5.82 Å². The van der Waals surface area contributed by atoms with Crippen molar-refractivity contribution < 1.29 is 9.18 Å². The van der Waals surface area contributed by atoms with Gasteiger partial charge in [-0.05, 0) is 31.4 Å². The van der Waals surface area contributed by atoms with E-state index in [1.165, 1.54) is 12.1 Å². The largest absolute Gasteiger partial charge is 0.339 e. The Morgan fingerprint density at radius 1 is 1.25 bits per heavy atom. The first-order valence-electron chi connectivity index (χ1n) is 5.43. The summed E-state index contributed by atoms with van der Waals surface area (Å²) in [7, 11) is 0. The number of hydrogen-bond acceptors (Lipinski definition) is 1. The Labute approximate surface area is 99.0 Å². The average molecular weight is 242 g/mol. The zero-order valence-corrected chi connectivity index (χ0v) is 9.63. The molecule has 2 nitrogen and oxygen atoms in total. The summed E-state index contributed by atoms with van der Waals surface area (Å²) in [5, 5.41) is 0.00265. The number of halogens is 2. The van der Waals surface area contributed by atoms with Gasteiger partial charge < -0.3 is 4.90 Å². The van der Waals surface area contributed by atoms with Crippen molar-refractivity contribution in [3.05, 3.63) is 34.6 Å². The molecule has 16 heavy (non-hydrogen) atoms. The summed E-state index contributed by atoms with van der Waals surface area (Å²) < 4.78 is 13.6. The molecule has 0 aliphatic carbocycles. The third-order valence-corrected chi connectivity index (χ3v) is 3.12. The van der Waals surface area contributed by atoms with E-state index in [-0.39, 0.29) is 16.5 Å². The van der Waals surface area contributed by atoms with Crippen LogP contribution >= 0.6 is 11.6 Å². The fourth-order valence-corrected chi connectivity index (χ4v) is 2.11. The molecule has 1 saturated heterocycles. The zero-order chi connectivity index (χ0) is 11.5. The lowest BCUT2D eigenvalue weighted by molar-refractivity contribution is 0.0719. The van der Waals surface area contributed by atoms with Crippen LogP contribution < -0.4 is 0 Å². The SMILES string of the molecule is O=C(c1cccc(Cl)c1F)N1CCCCC1. The highest BCUT2D eigenvalue weighted by molar-refractivity contribution is 6.31. The summed E-state index contributed by atoms with van der Waals surface area (Å²) in [5.74, 6) is -0.862. The van der Waals surface area contributed by atoms with E-state index in [0.717, 1.165) is 19.3 Å². The minimum absolute atomic E-state index is 0.00265. The van der Waals surface area contributed by atoms with Gasteiger partial charge in [-0.25, -0.2) is 4.39 Å². The molecule has 1 heterocycles. The van der Waals surface area contributed by atoms with Crippen molar-refractivity contribution in [2.75, 3.05) is 13.1 Å².